The van der Waals surface area contributed by atoms with Crippen LogP contribution in [0.25, 0.3) is 0 Å². The number of ether oxygens (including phenoxy) is 1. The minimum absolute atomic E-state index is 0.180. The number of hydrogen-bond acceptors (Lipinski definition) is 3. The number of carbonyl (C=O) groups is 2. The summed E-state index contributed by atoms with van der Waals surface area (Å²) in [7, 11) is 0. The Kier molecular flexibility index (Phi) is 4.95. The van der Waals surface area contributed by atoms with Gasteiger partial charge in [-0.2, -0.15) is 0 Å². The molecule has 2 aromatic carbocycles. The van der Waals surface area contributed by atoms with Crippen molar-refractivity contribution >= 4 is 29.1 Å². The third-order valence-corrected chi connectivity index (χ3v) is 4.35. The van der Waals surface area contributed by atoms with Gasteiger partial charge in [-0.15, -0.1) is 0 Å². The predicted octanol–water partition coefficient (Wildman–Crippen LogP) is 3.25. The molecule has 0 spiro atoms. The molecule has 130 valence electrons. The first-order valence-corrected chi connectivity index (χ1v) is 8.41. The second kappa shape index (κ2) is 7.15. The Bertz CT molecular complexity index is 822. The lowest BCUT2D eigenvalue weighted by molar-refractivity contribution is -0.126. The van der Waals surface area contributed by atoms with E-state index in [0.717, 1.165) is 17.0 Å². The van der Waals surface area contributed by atoms with Gasteiger partial charge in [-0.3, -0.25) is 9.59 Å². The van der Waals surface area contributed by atoms with E-state index in [-0.39, 0.29) is 11.8 Å². The number of para-hydroxylation sites is 1. The third kappa shape index (κ3) is 3.61. The number of halogens is 1. The van der Waals surface area contributed by atoms with Crippen LogP contribution < -0.4 is 15.0 Å². The lowest BCUT2D eigenvalue weighted by atomic mass is 10.1. The van der Waals surface area contributed by atoms with Gasteiger partial charge in [-0.05, 0) is 36.8 Å². The zero-order valence-electron chi connectivity index (χ0n) is 14.1. The van der Waals surface area contributed by atoms with Gasteiger partial charge in [0.15, 0.2) is 0 Å². The van der Waals surface area contributed by atoms with Crippen molar-refractivity contribution in [1.82, 2.24) is 5.32 Å². The molecule has 1 N–H and O–H groups in total. The summed E-state index contributed by atoms with van der Waals surface area (Å²) in [6.07, 6.45) is 0. The number of amides is 2. The molecule has 1 atom stereocenters. The largest absolute Gasteiger partial charge is 0.491 e. The molecule has 1 heterocycles. The highest BCUT2D eigenvalue weighted by Gasteiger charge is 2.37. The second-order valence-electron chi connectivity index (χ2n) is 5.94. The van der Waals surface area contributed by atoms with Crippen LogP contribution in [-0.4, -0.2) is 25.0 Å². The maximum atomic E-state index is 12.7. The van der Waals surface area contributed by atoms with Crippen molar-refractivity contribution in [2.45, 2.75) is 19.9 Å². The van der Waals surface area contributed by atoms with E-state index in [1.807, 2.05) is 31.2 Å². The molecule has 25 heavy (non-hydrogen) atoms. The van der Waals surface area contributed by atoms with Crippen LogP contribution in [0.2, 0.25) is 5.02 Å². The van der Waals surface area contributed by atoms with Crippen molar-refractivity contribution in [3.63, 3.8) is 0 Å². The monoisotopic (exact) mass is 358 g/mol. The number of rotatable bonds is 5. The van der Waals surface area contributed by atoms with Crippen molar-refractivity contribution in [3.8, 4) is 5.75 Å². The van der Waals surface area contributed by atoms with E-state index in [9.17, 15) is 9.59 Å². The number of nitrogens with one attached hydrogen (secondary N) is 1. The van der Waals surface area contributed by atoms with Gasteiger partial charge in [0.25, 0.3) is 5.91 Å². The zero-order valence-corrected chi connectivity index (χ0v) is 14.8. The second-order valence-corrected chi connectivity index (χ2v) is 6.38. The molecule has 5 nitrogen and oxygen atoms in total. The van der Waals surface area contributed by atoms with Gasteiger partial charge in [-0.1, -0.05) is 29.8 Å². The van der Waals surface area contributed by atoms with Crippen molar-refractivity contribution in [3.05, 3.63) is 58.6 Å². The SMILES string of the molecule is CC(=O)N[C@H]1C(=O)N(CCOc2ccccc2C)c2ccc(Cl)cc21. The van der Waals surface area contributed by atoms with Gasteiger partial charge < -0.3 is 15.0 Å². The number of carbonyl (C=O) groups excluding carboxylic acids is 2. The summed E-state index contributed by atoms with van der Waals surface area (Å²) < 4.78 is 5.79. The van der Waals surface area contributed by atoms with Crippen LogP contribution >= 0.6 is 11.6 Å². The van der Waals surface area contributed by atoms with Gasteiger partial charge >= 0.3 is 0 Å². The lowest BCUT2D eigenvalue weighted by Crippen LogP contribution is -2.38. The minimum Gasteiger partial charge on any atom is -0.491 e. The molecule has 0 saturated heterocycles. The molecule has 1 aliphatic rings. The summed E-state index contributed by atoms with van der Waals surface area (Å²) in [5, 5.41) is 3.22. The molecule has 0 fully saturated rings. The molecular weight excluding hydrogens is 340 g/mol. The van der Waals surface area contributed by atoms with E-state index in [1.165, 1.54) is 6.92 Å². The first kappa shape index (κ1) is 17.3. The molecule has 0 bridgehead atoms. The summed E-state index contributed by atoms with van der Waals surface area (Å²) in [5.74, 6) is 0.354. The first-order chi connectivity index (χ1) is 12.0. The predicted molar refractivity (Wildman–Crippen MR) is 97.0 cm³/mol. The molecule has 3 rings (SSSR count). The Morgan fingerprint density at radius 1 is 1.28 bits per heavy atom. The molecule has 0 radical (unpaired) electrons. The standard InChI is InChI=1S/C19H19ClN2O3/c1-12-5-3-4-6-17(12)25-10-9-22-16-8-7-14(20)11-15(16)18(19(22)24)21-13(2)23/h3-8,11,18H,9-10H2,1-2H3,(H,21,23)/t18-/m1/s1. The Balaban J connectivity index is 1.76. The molecule has 1 aliphatic heterocycles. The van der Waals surface area contributed by atoms with Crippen molar-refractivity contribution in [2.24, 2.45) is 0 Å². The number of hydrogen-bond donors (Lipinski definition) is 1. The zero-order chi connectivity index (χ0) is 18.0. The van der Waals surface area contributed by atoms with Gasteiger partial charge in [0, 0.05) is 23.2 Å². The number of anilines is 1. The van der Waals surface area contributed by atoms with Crippen LogP contribution in [0.1, 0.15) is 24.1 Å². The Morgan fingerprint density at radius 2 is 2.04 bits per heavy atom. The van der Waals surface area contributed by atoms with Gasteiger partial charge in [0.2, 0.25) is 5.91 Å². The average molecular weight is 359 g/mol. The Morgan fingerprint density at radius 3 is 2.76 bits per heavy atom. The van der Waals surface area contributed by atoms with Gasteiger partial charge in [0.1, 0.15) is 18.4 Å². The quantitative estimate of drug-likeness (QED) is 0.892. The van der Waals surface area contributed by atoms with Gasteiger partial charge in [-0.25, -0.2) is 0 Å². The molecule has 6 heteroatoms. The summed E-state index contributed by atoms with van der Waals surface area (Å²) in [6.45, 7) is 4.10. The van der Waals surface area contributed by atoms with E-state index in [4.69, 9.17) is 16.3 Å². The summed E-state index contributed by atoms with van der Waals surface area (Å²) in [5.41, 5.74) is 2.50. The Hall–Kier alpha value is -2.53. The number of aryl methyl sites for hydroxylation is 1. The van der Waals surface area contributed by atoms with E-state index < -0.39 is 6.04 Å². The van der Waals surface area contributed by atoms with Crippen LogP contribution in [0.3, 0.4) is 0 Å². The highest BCUT2D eigenvalue weighted by atomic mass is 35.5. The first-order valence-electron chi connectivity index (χ1n) is 8.03. The summed E-state index contributed by atoms with van der Waals surface area (Å²) >= 11 is 6.06. The fourth-order valence-corrected chi connectivity index (χ4v) is 3.13. The lowest BCUT2D eigenvalue weighted by Gasteiger charge is -2.19. The highest BCUT2D eigenvalue weighted by Crippen LogP contribution is 2.37. The smallest absolute Gasteiger partial charge is 0.254 e. The van der Waals surface area contributed by atoms with Crippen molar-refractivity contribution in [2.75, 3.05) is 18.1 Å². The molecule has 0 saturated carbocycles. The number of fused-ring (bicyclic) bond motifs is 1. The summed E-state index contributed by atoms with van der Waals surface area (Å²) in [4.78, 5) is 25.8. The number of nitrogens with zero attached hydrogens (tertiary/aromatic N) is 1. The molecule has 0 unspecified atom stereocenters. The van der Waals surface area contributed by atoms with Crippen LogP contribution in [0.4, 0.5) is 5.69 Å². The summed E-state index contributed by atoms with van der Waals surface area (Å²) in [6, 6.07) is 12.3. The third-order valence-electron chi connectivity index (χ3n) is 4.12. The maximum Gasteiger partial charge on any atom is 0.254 e. The molecule has 2 aromatic rings. The van der Waals surface area contributed by atoms with Crippen molar-refractivity contribution in [1.29, 1.82) is 0 Å². The molecule has 0 aliphatic carbocycles. The van der Waals surface area contributed by atoms with Crippen LogP contribution in [0.15, 0.2) is 42.5 Å². The maximum absolute atomic E-state index is 12.7. The highest BCUT2D eigenvalue weighted by molar-refractivity contribution is 6.31. The molecular formula is C19H19ClN2O3. The van der Waals surface area contributed by atoms with Crippen LogP contribution in [-0.2, 0) is 9.59 Å². The van der Waals surface area contributed by atoms with Gasteiger partial charge in [0.05, 0.1) is 6.54 Å². The number of benzene rings is 2. The van der Waals surface area contributed by atoms with E-state index in [0.29, 0.717) is 23.7 Å². The van der Waals surface area contributed by atoms with Crippen LogP contribution in [0, 0.1) is 6.92 Å². The van der Waals surface area contributed by atoms with E-state index >= 15 is 0 Å². The van der Waals surface area contributed by atoms with Crippen LogP contribution in [0.5, 0.6) is 5.75 Å². The molecule has 0 aromatic heterocycles. The van der Waals surface area contributed by atoms with E-state index in [1.54, 1.807) is 23.1 Å². The van der Waals surface area contributed by atoms with Crippen molar-refractivity contribution < 1.29 is 14.3 Å². The normalized spacial score (nSPS) is 15.9. The van der Waals surface area contributed by atoms with E-state index in [2.05, 4.69) is 5.32 Å². The molecule has 2 amide bonds. The topological polar surface area (TPSA) is 58.6 Å². The fraction of sp³-hybridized carbons (Fsp3) is 0.263. The Labute approximate surface area is 151 Å². The minimum atomic E-state index is -0.704. The average Bonchev–Trinajstić information content (AvgIpc) is 2.81. The fourth-order valence-electron chi connectivity index (χ4n) is 2.95.